The van der Waals surface area contributed by atoms with E-state index in [2.05, 4.69) is 10.6 Å². The van der Waals surface area contributed by atoms with Crippen LogP contribution < -0.4 is 10.6 Å². The van der Waals surface area contributed by atoms with Crippen LogP contribution in [0.25, 0.3) is 0 Å². The molecular weight excluding hydrogens is 232 g/mol. The fraction of sp³-hybridized carbons (Fsp3) is 0.923. The fourth-order valence-electron chi connectivity index (χ4n) is 2.10. The van der Waals surface area contributed by atoms with Crippen LogP contribution in [-0.2, 0) is 9.53 Å². The minimum absolute atomic E-state index is 0.0432. The smallest absolute Gasteiger partial charge is 0.226 e. The van der Waals surface area contributed by atoms with Gasteiger partial charge in [-0.1, -0.05) is 6.92 Å². The van der Waals surface area contributed by atoms with Crippen molar-refractivity contribution in [2.75, 3.05) is 33.4 Å². The predicted molar refractivity (Wildman–Crippen MR) is 70.3 cm³/mol. The van der Waals surface area contributed by atoms with E-state index in [0.29, 0.717) is 13.0 Å². The monoisotopic (exact) mass is 258 g/mol. The van der Waals surface area contributed by atoms with E-state index in [1.807, 2.05) is 6.92 Å². The van der Waals surface area contributed by atoms with Gasteiger partial charge in [0.05, 0.1) is 5.60 Å². The molecule has 5 nitrogen and oxygen atoms in total. The highest BCUT2D eigenvalue weighted by atomic mass is 16.5. The van der Waals surface area contributed by atoms with Gasteiger partial charge in [-0.25, -0.2) is 0 Å². The molecule has 0 aromatic carbocycles. The zero-order chi connectivity index (χ0) is 13.6. The van der Waals surface area contributed by atoms with Crippen LogP contribution in [-0.4, -0.2) is 50.0 Å². The van der Waals surface area contributed by atoms with Crippen molar-refractivity contribution in [3.8, 4) is 0 Å². The van der Waals surface area contributed by atoms with E-state index >= 15 is 0 Å². The maximum atomic E-state index is 12.2. The summed E-state index contributed by atoms with van der Waals surface area (Å²) in [6.45, 7) is 6.24. The number of hydrogen-bond acceptors (Lipinski definition) is 4. The molecule has 1 atom stereocenters. The van der Waals surface area contributed by atoms with Gasteiger partial charge in [-0.3, -0.25) is 4.79 Å². The zero-order valence-corrected chi connectivity index (χ0v) is 11.7. The first-order valence-corrected chi connectivity index (χ1v) is 6.60. The summed E-state index contributed by atoms with van der Waals surface area (Å²) < 4.78 is 4.94. The lowest BCUT2D eigenvalue weighted by Gasteiger charge is -2.34. The van der Waals surface area contributed by atoms with Gasteiger partial charge in [-0.15, -0.1) is 0 Å². The van der Waals surface area contributed by atoms with E-state index < -0.39 is 5.60 Å². The summed E-state index contributed by atoms with van der Waals surface area (Å²) in [5.41, 5.74) is -1.21. The minimum Gasteiger partial charge on any atom is -0.388 e. The molecule has 18 heavy (non-hydrogen) atoms. The molecule has 0 aromatic heterocycles. The summed E-state index contributed by atoms with van der Waals surface area (Å²) in [7, 11) is 1.60. The van der Waals surface area contributed by atoms with Crippen LogP contribution in [0.3, 0.4) is 0 Å². The number of piperidine rings is 1. The number of ether oxygens (including phenoxy) is 1. The van der Waals surface area contributed by atoms with Gasteiger partial charge >= 0.3 is 0 Å². The lowest BCUT2D eigenvalue weighted by Crippen LogP contribution is -2.49. The number of hydrogen-bond donors (Lipinski definition) is 3. The Labute approximate surface area is 109 Å². The molecule has 1 fully saturated rings. The van der Waals surface area contributed by atoms with Crippen molar-refractivity contribution >= 4 is 5.91 Å². The van der Waals surface area contributed by atoms with Gasteiger partial charge in [-0.05, 0) is 32.9 Å². The van der Waals surface area contributed by atoms with E-state index in [1.54, 1.807) is 14.0 Å². The Morgan fingerprint density at radius 3 is 2.67 bits per heavy atom. The Hall–Kier alpha value is -0.650. The first kappa shape index (κ1) is 15.4. The van der Waals surface area contributed by atoms with Crippen LogP contribution in [0.5, 0.6) is 0 Å². The molecule has 1 aliphatic heterocycles. The average molecular weight is 258 g/mol. The van der Waals surface area contributed by atoms with Gasteiger partial charge < -0.3 is 20.5 Å². The second-order valence-electron chi connectivity index (χ2n) is 5.73. The molecule has 1 amide bonds. The second kappa shape index (κ2) is 6.50. The molecule has 0 aromatic rings. The van der Waals surface area contributed by atoms with Crippen LogP contribution in [0.4, 0.5) is 0 Å². The number of rotatable bonds is 6. The summed E-state index contributed by atoms with van der Waals surface area (Å²) in [5, 5.41) is 16.2. The Balaban J connectivity index is 2.40. The van der Waals surface area contributed by atoms with Crippen LogP contribution in [0, 0.1) is 5.41 Å². The van der Waals surface area contributed by atoms with Gasteiger partial charge in [0, 0.05) is 32.1 Å². The van der Waals surface area contributed by atoms with Crippen molar-refractivity contribution in [1.82, 2.24) is 10.6 Å². The number of methoxy groups -OCH3 is 1. The number of carbonyl (C=O) groups is 1. The maximum absolute atomic E-state index is 12.2. The molecule has 1 aliphatic rings. The topological polar surface area (TPSA) is 70.6 Å². The van der Waals surface area contributed by atoms with Crippen molar-refractivity contribution in [1.29, 1.82) is 0 Å². The molecule has 0 bridgehead atoms. The predicted octanol–water partition coefficient (Wildman–Crippen LogP) is 0.280. The Morgan fingerprint density at radius 1 is 1.50 bits per heavy atom. The lowest BCUT2D eigenvalue weighted by atomic mass is 9.80. The van der Waals surface area contributed by atoms with Gasteiger partial charge in [0.2, 0.25) is 5.91 Å². The van der Waals surface area contributed by atoms with E-state index in [9.17, 15) is 9.90 Å². The highest BCUT2D eigenvalue weighted by Crippen LogP contribution is 2.28. The first-order chi connectivity index (χ1) is 8.40. The zero-order valence-electron chi connectivity index (χ0n) is 11.7. The fourth-order valence-corrected chi connectivity index (χ4v) is 2.10. The standard InChI is InChI=1S/C13H26N2O3/c1-12(4-7-14-8-5-12)11(16)15-10-13(2,17)6-9-18-3/h14,17H,4-10H2,1-3H3,(H,15,16). The van der Waals surface area contributed by atoms with Crippen LogP contribution in [0.2, 0.25) is 0 Å². The van der Waals surface area contributed by atoms with Gasteiger partial charge in [0.15, 0.2) is 0 Å². The van der Waals surface area contributed by atoms with Gasteiger partial charge in [0.1, 0.15) is 0 Å². The SMILES string of the molecule is COCCC(C)(O)CNC(=O)C1(C)CCNCC1. The Bertz CT molecular complexity index is 273. The molecule has 1 saturated heterocycles. The number of carbonyl (C=O) groups excluding carboxylic acids is 1. The van der Waals surface area contributed by atoms with Gasteiger partial charge in [-0.2, -0.15) is 0 Å². The summed E-state index contributed by atoms with van der Waals surface area (Å²) in [6, 6.07) is 0. The highest BCUT2D eigenvalue weighted by Gasteiger charge is 2.35. The molecule has 0 saturated carbocycles. The Kier molecular flexibility index (Phi) is 5.56. The molecule has 1 rings (SSSR count). The largest absolute Gasteiger partial charge is 0.388 e. The third-order valence-electron chi connectivity index (χ3n) is 3.73. The maximum Gasteiger partial charge on any atom is 0.226 e. The summed E-state index contributed by atoms with van der Waals surface area (Å²) in [4.78, 5) is 12.2. The van der Waals surface area contributed by atoms with Crippen molar-refractivity contribution in [3.63, 3.8) is 0 Å². The molecular formula is C13H26N2O3. The van der Waals surface area contributed by atoms with Crippen LogP contribution in [0.1, 0.15) is 33.1 Å². The normalized spacial score (nSPS) is 22.2. The summed E-state index contributed by atoms with van der Waals surface area (Å²) >= 11 is 0. The Morgan fingerprint density at radius 2 is 2.11 bits per heavy atom. The summed E-state index contributed by atoms with van der Waals surface area (Å²) in [5.74, 6) is 0.0432. The second-order valence-corrected chi connectivity index (χ2v) is 5.73. The third-order valence-corrected chi connectivity index (χ3v) is 3.73. The van der Waals surface area contributed by atoms with Gasteiger partial charge in [0.25, 0.3) is 0 Å². The summed E-state index contributed by atoms with van der Waals surface area (Å²) in [6.07, 6.45) is 2.21. The molecule has 5 heteroatoms. The third kappa shape index (κ3) is 4.55. The first-order valence-electron chi connectivity index (χ1n) is 6.60. The number of nitrogens with one attached hydrogen (secondary N) is 2. The van der Waals surface area contributed by atoms with E-state index in [-0.39, 0.29) is 17.9 Å². The number of aliphatic hydroxyl groups is 1. The van der Waals surface area contributed by atoms with Crippen molar-refractivity contribution < 1.29 is 14.6 Å². The molecule has 106 valence electrons. The van der Waals surface area contributed by atoms with E-state index in [1.165, 1.54) is 0 Å². The van der Waals surface area contributed by atoms with Crippen molar-refractivity contribution in [2.24, 2.45) is 5.41 Å². The van der Waals surface area contributed by atoms with E-state index in [4.69, 9.17) is 4.74 Å². The average Bonchev–Trinajstić information content (AvgIpc) is 2.34. The lowest BCUT2D eigenvalue weighted by molar-refractivity contribution is -0.132. The molecule has 1 heterocycles. The molecule has 3 N–H and O–H groups in total. The van der Waals surface area contributed by atoms with Crippen molar-refractivity contribution in [2.45, 2.75) is 38.7 Å². The van der Waals surface area contributed by atoms with E-state index in [0.717, 1.165) is 25.9 Å². The quantitative estimate of drug-likeness (QED) is 0.640. The number of amides is 1. The molecule has 1 unspecified atom stereocenters. The molecule has 0 aliphatic carbocycles. The molecule has 0 radical (unpaired) electrons. The van der Waals surface area contributed by atoms with Crippen LogP contribution >= 0.6 is 0 Å². The van der Waals surface area contributed by atoms with Crippen molar-refractivity contribution in [3.05, 3.63) is 0 Å². The molecule has 0 spiro atoms. The minimum atomic E-state index is -0.908. The highest BCUT2D eigenvalue weighted by molar-refractivity contribution is 5.82. The van der Waals surface area contributed by atoms with Crippen LogP contribution in [0.15, 0.2) is 0 Å².